The Labute approximate surface area is 223 Å². The molecule has 2 aromatic rings. The number of hydrogen-bond acceptors (Lipinski definition) is 3. The summed E-state index contributed by atoms with van der Waals surface area (Å²) in [5.41, 5.74) is -0.959. The van der Waals surface area contributed by atoms with E-state index in [-0.39, 0.29) is 32.7 Å². The molecule has 1 atom stereocenters. The van der Waals surface area contributed by atoms with Crippen molar-refractivity contribution in [2.45, 2.75) is 31.5 Å². The molecule has 2 rings (SSSR count). The molecule has 0 aromatic heterocycles. The average molecular weight is 612 g/mol. The molecule has 0 radical (unpaired) electrons. The summed E-state index contributed by atoms with van der Waals surface area (Å²) in [6.07, 6.45) is -2.44. The first kappa shape index (κ1) is 29.0. The quantitative estimate of drug-likeness (QED) is 0.264. The normalized spacial score (nSPS) is 12.8. The number of nitrogens with one attached hydrogen (secondary N) is 2. The van der Waals surface area contributed by atoms with Gasteiger partial charge in [-0.25, -0.2) is 0 Å². The third kappa shape index (κ3) is 7.61. The summed E-state index contributed by atoms with van der Waals surface area (Å²) in [5.74, 6) is -3.16. The van der Waals surface area contributed by atoms with Crippen LogP contribution in [0.4, 0.5) is 13.2 Å². The van der Waals surface area contributed by atoms with E-state index in [1.54, 1.807) is 6.07 Å². The van der Waals surface area contributed by atoms with E-state index in [9.17, 15) is 22.8 Å². The Morgan fingerprint density at radius 2 is 1.74 bits per heavy atom. The molecule has 0 bridgehead atoms. The van der Waals surface area contributed by atoms with Gasteiger partial charge in [-0.2, -0.15) is 18.4 Å². The molecular weight excluding hydrogens is 594 g/mol. The van der Waals surface area contributed by atoms with Crippen LogP contribution in [0, 0.1) is 11.3 Å². The van der Waals surface area contributed by atoms with Gasteiger partial charge in [0, 0.05) is 4.47 Å². The van der Waals surface area contributed by atoms with Gasteiger partial charge in [-0.3, -0.25) is 9.59 Å². The highest BCUT2D eigenvalue weighted by Gasteiger charge is 2.39. The molecule has 12 heteroatoms. The summed E-state index contributed by atoms with van der Waals surface area (Å²) < 4.78 is 41.5. The van der Waals surface area contributed by atoms with Crippen molar-refractivity contribution in [3.05, 3.63) is 72.6 Å². The van der Waals surface area contributed by atoms with Gasteiger partial charge in [0.1, 0.15) is 12.1 Å². The summed E-state index contributed by atoms with van der Waals surface area (Å²) in [7, 11) is 0. The predicted molar refractivity (Wildman–Crippen MR) is 134 cm³/mol. The lowest BCUT2D eigenvalue weighted by Crippen LogP contribution is -2.54. The first-order valence-electron chi connectivity index (χ1n) is 9.84. The third-order valence-corrected chi connectivity index (χ3v) is 6.61. The van der Waals surface area contributed by atoms with Gasteiger partial charge in [-0.1, -0.05) is 53.0 Å². The lowest BCUT2D eigenvalue weighted by Gasteiger charge is -2.24. The first-order chi connectivity index (χ1) is 16.2. The molecule has 5 nitrogen and oxygen atoms in total. The van der Waals surface area contributed by atoms with Crippen molar-refractivity contribution in [1.29, 1.82) is 5.26 Å². The van der Waals surface area contributed by atoms with Gasteiger partial charge < -0.3 is 10.6 Å². The maximum atomic E-state index is 13.7. The van der Waals surface area contributed by atoms with Crippen LogP contribution in [0.15, 0.2) is 40.9 Å². The van der Waals surface area contributed by atoms with E-state index in [4.69, 9.17) is 40.1 Å². The van der Waals surface area contributed by atoms with Crippen molar-refractivity contribution in [3.63, 3.8) is 0 Å². The van der Waals surface area contributed by atoms with Crippen LogP contribution in [0.1, 0.15) is 41.3 Å². The second-order valence-corrected chi connectivity index (χ2v) is 9.88. The zero-order chi connectivity index (χ0) is 26.6. The molecule has 0 heterocycles. The minimum Gasteiger partial charge on any atom is -0.341 e. The van der Waals surface area contributed by atoms with Gasteiger partial charge in [0.05, 0.1) is 32.6 Å². The monoisotopic (exact) mass is 609 g/mol. The topological polar surface area (TPSA) is 82.0 Å². The minimum absolute atomic E-state index is 0.0366. The lowest BCUT2D eigenvalue weighted by molar-refractivity contribution is -0.139. The third-order valence-electron chi connectivity index (χ3n) is 4.76. The molecule has 0 spiro atoms. The van der Waals surface area contributed by atoms with Gasteiger partial charge >= 0.3 is 6.18 Å². The second kappa shape index (κ2) is 11.7. The van der Waals surface area contributed by atoms with Crippen LogP contribution in [-0.2, 0) is 4.79 Å². The van der Waals surface area contributed by atoms with Crippen molar-refractivity contribution in [1.82, 2.24) is 10.6 Å². The summed E-state index contributed by atoms with van der Waals surface area (Å²) in [5, 5.41) is 13.3. The molecule has 2 aromatic carbocycles. The van der Waals surface area contributed by atoms with Crippen molar-refractivity contribution >= 4 is 68.6 Å². The molecule has 0 saturated heterocycles. The fraction of sp³-hybridized carbons (Fsp3) is 0.261. The van der Waals surface area contributed by atoms with Crippen LogP contribution in [-0.4, -0.2) is 30.1 Å². The Morgan fingerprint density at radius 1 is 1.14 bits per heavy atom. The van der Waals surface area contributed by atoms with E-state index in [2.05, 4.69) is 26.6 Å². The maximum absolute atomic E-state index is 13.7. The van der Waals surface area contributed by atoms with Crippen LogP contribution in [0.25, 0.3) is 6.08 Å². The Kier molecular flexibility index (Phi) is 9.65. The van der Waals surface area contributed by atoms with Gasteiger partial charge in [0.25, 0.3) is 5.91 Å². The fourth-order valence-electron chi connectivity index (χ4n) is 2.94. The molecule has 2 N–H and O–H groups in total. The SMILES string of the molecule is CC(C)(NC(=O)c1ccc(/C=C/C(c2cc(Cl)c(Cl)c(Cl)c2)C(F)(F)F)cc1Br)C(=O)NCC#N. The van der Waals surface area contributed by atoms with Crippen LogP contribution >= 0.6 is 50.7 Å². The van der Waals surface area contributed by atoms with E-state index in [0.717, 1.165) is 18.2 Å². The largest absolute Gasteiger partial charge is 0.399 e. The number of nitriles is 1. The molecule has 0 aliphatic rings. The Balaban J connectivity index is 2.28. The number of hydrogen-bond donors (Lipinski definition) is 2. The molecule has 0 aliphatic carbocycles. The molecule has 0 saturated carbocycles. The number of allylic oxidation sites excluding steroid dienone is 1. The molecule has 2 amide bonds. The number of rotatable bonds is 7. The van der Waals surface area contributed by atoms with Crippen molar-refractivity contribution in [2.24, 2.45) is 0 Å². The van der Waals surface area contributed by atoms with E-state index < -0.39 is 29.4 Å². The molecule has 0 aliphatic heterocycles. The highest BCUT2D eigenvalue weighted by Crippen LogP contribution is 2.41. The Bertz CT molecular complexity index is 1190. The zero-order valence-corrected chi connectivity index (χ0v) is 22.1. The van der Waals surface area contributed by atoms with E-state index in [1.165, 1.54) is 38.1 Å². The molecule has 186 valence electrons. The highest BCUT2D eigenvalue weighted by atomic mass is 79.9. The highest BCUT2D eigenvalue weighted by molar-refractivity contribution is 9.10. The molecule has 1 unspecified atom stereocenters. The van der Waals surface area contributed by atoms with Crippen molar-refractivity contribution < 1.29 is 22.8 Å². The first-order valence-corrected chi connectivity index (χ1v) is 11.8. The minimum atomic E-state index is -4.63. The smallest absolute Gasteiger partial charge is 0.341 e. The Morgan fingerprint density at radius 3 is 2.26 bits per heavy atom. The lowest BCUT2D eigenvalue weighted by atomic mass is 9.97. The second-order valence-electron chi connectivity index (χ2n) is 7.84. The van der Waals surface area contributed by atoms with Crippen LogP contribution in [0.2, 0.25) is 15.1 Å². The zero-order valence-electron chi connectivity index (χ0n) is 18.2. The van der Waals surface area contributed by atoms with Gasteiger partial charge in [0.15, 0.2) is 0 Å². The number of amides is 2. The average Bonchev–Trinajstić information content (AvgIpc) is 2.74. The van der Waals surface area contributed by atoms with Crippen LogP contribution in [0.3, 0.4) is 0 Å². The van der Waals surface area contributed by atoms with Crippen molar-refractivity contribution in [2.75, 3.05) is 6.54 Å². The van der Waals surface area contributed by atoms with E-state index in [1.807, 2.05) is 0 Å². The van der Waals surface area contributed by atoms with E-state index >= 15 is 0 Å². The maximum Gasteiger partial charge on any atom is 0.399 e. The van der Waals surface area contributed by atoms with Crippen LogP contribution < -0.4 is 10.6 Å². The van der Waals surface area contributed by atoms with Gasteiger partial charge in [-0.05, 0) is 65.2 Å². The van der Waals surface area contributed by atoms with Crippen molar-refractivity contribution in [3.8, 4) is 6.07 Å². The summed E-state index contributed by atoms with van der Waals surface area (Å²) in [4.78, 5) is 24.8. The number of benzene rings is 2. The standard InChI is InChI=1S/C23H18BrCl3F3N3O2/c1-22(2,21(35)32-8-7-31)33-20(34)14-5-3-12(9-16(14)24)4-6-15(23(28,29)30)13-10-17(25)19(27)18(26)11-13/h3-6,9-11,15H,8H2,1-2H3,(H,32,35)(H,33,34)/b6-4+. The fourth-order valence-corrected chi connectivity index (χ4v) is 4.13. The van der Waals surface area contributed by atoms with Crippen LogP contribution in [0.5, 0.6) is 0 Å². The molecule has 0 fully saturated rings. The number of halogens is 7. The summed E-state index contributed by atoms with van der Waals surface area (Å²) in [6, 6.07) is 8.30. The number of carbonyl (C=O) groups excluding carboxylic acids is 2. The van der Waals surface area contributed by atoms with E-state index in [0.29, 0.717) is 10.0 Å². The number of nitrogens with zero attached hydrogens (tertiary/aromatic N) is 1. The predicted octanol–water partition coefficient (Wildman–Crippen LogP) is 6.92. The molecule has 35 heavy (non-hydrogen) atoms. The summed E-state index contributed by atoms with van der Waals surface area (Å²) in [6.45, 7) is 2.72. The number of alkyl halides is 3. The number of carbonyl (C=O) groups is 2. The Hall–Kier alpha value is -2.25. The van der Waals surface area contributed by atoms with Gasteiger partial charge in [0.2, 0.25) is 5.91 Å². The molecular formula is C23H18BrCl3F3N3O2. The summed E-state index contributed by atoms with van der Waals surface area (Å²) >= 11 is 20.9. The van der Waals surface area contributed by atoms with Gasteiger partial charge in [-0.15, -0.1) is 0 Å².